The highest BCUT2D eigenvalue weighted by Crippen LogP contribution is 2.30. The van der Waals surface area contributed by atoms with Crippen molar-refractivity contribution in [3.63, 3.8) is 0 Å². The van der Waals surface area contributed by atoms with E-state index in [-0.39, 0.29) is 11.9 Å². The molecule has 4 nitrogen and oxygen atoms in total. The van der Waals surface area contributed by atoms with E-state index in [0.29, 0.717) is 17.7 Å². The van der Waals surface area contributed by atoms with Crippen molar-refractivity contribution in [3.05, 3.63) is 29.6 Å². The Morgan fingerprint density at radius 2 is 2.00 bits per heavy atom. The van der Waals surface area contributed by atoms with Gasteiger partial charge in [-0.2, -0.15) is 0 Å². The van der Waals surface area contributed by atoms with Crippen molar-refractivity contribution >= 4 is 0 Å². The van der Waals surface area contributed by atoms with Gasteiger partial charge in [-0.15, -0.1) is 0 Å². The zero-order valence-corrected chi connectivity index (χ0v) is 13.3. The molecule has 1 atom stereocenters. The summed E-state index contributed by atoms with van der Waals surface area (Å²) < 4.78 is 19.4. The summed E-state index contributed by atoms with van der Waals surface area (Å²) in [5.41, 5.74) is 5.14. The van der Waals surface area contributed by atoms with E-state index in [1.165, 1.54) is 26.0 Å². The van der Waals surface area contributed by atoms with Gasteiger partial charge in [-0.25, -0.2) is 4.39 Å². The first-order valence-electron chi connectivity index (χ1n) is 8.16. The van der Waals surface area contributed by atoms with Gasteiger partial charge < -0.3 is 20.5 Å². The molecular weight excluding hydrogens is 283 g/mol. The standard InChI is InChI=1S/C16H22FNO2.CH5N/c17-14-11-12(3-6-16(14)20-13-4-5-13)15(19)7-10-18-8-1-2-9-18;1-2/h3,6,11,13,15,19H,1-2,4-5,7-10H2;2H2,1H3. The molecule has 1 aromatic rings. The molecule has 5 heteroatoms. The van der Waals surface area contributed by atoms with Crippen LogP contribution in [-0.4, -0.2) is 42.8 Å². The third kappa shape index (κ3) is 4.93. The van der Waals surface area contributed by atoms with Gasteiger partial charge in [0, 0.05) is 6.54 Å². The minimum absolute atomic E-state index is 0.190. The van der Waals surface area contributed by atoms with Crippen molar-refractivity contribution in [2.75, 3.05) is 26.7 Å². The topological polar surface area (TPSA) is 58.7 Å². The molecule has 2 fully saturated rings. The Kier molecular flexibility index (Phi) is 6.61. The van der Waals surface area contributed by atoms with E-state index in [1.807, 2.05) is 0 Å². The van der Waals surface area contributed by atoms with Gasteiger partial charge >= 0.3 is 0 Å². The molecular formula is C17H27FN2O2. The molecule has 2 aliphatic rings. The Labute approximate surface area is 132 Å². The zero-order valence-electron chi connectivity index (χ0n) is 13.3. The van der Waals surface area contributed by atoms with Gasteiger partial charge in [0.1, 0.15) is 0 Å². The summed E-state index contributed by atoms with van der Waals surface area (Å²) in [6, 6.07) is 4.82. The van der Waals surface area contributed by atoms with Crippen LogP contribution in [-0.2, 0) is 0 Å². The summed E-state index contributed by atoms with van der Waals surface area (Å²) in [4.78, 5) is 2.35. The predicted molar refractivity (Wildman–Crippen MR) is 85.4 cm³/mol. The Morgan fingerprint density at radius 1 is 1.32 bits per heavy atom. The molecule has 0 spiro atoms. The lowest BCUT2D eigenvalue weighted by Crippen LogP contribution is -2.22. The third-order valence-corrected chi connectivity index (χ3v) is 4.08. The number of ether oxygens (including phenoxy) is 1. The molecule has 3 N–H and O–H groups in total. The van der Waals surface area contributed by atoms with Crippen molar-refractivity contribution in [2.45, 2.75) is 44.3 Å². The average Bonchev–Trinajstić information content (AvgIpc) is 3.21. The number of aliphatic hydroxyl groups excluding tert-OH is 1. The molecule has 1 unspecified atom stereocenters. The molecule has 3 rings (SSSR count). The van der Waals surface area contributed by atoms with Gasteiger partial charge in [0.25, 0.3) is 0 Å². The van der Waals surface area contributed by atoms with Crippen LogP contribution < -0.4 is 10.5 Å². The molecule has 1 aromatic carbocycles. The highest BCUT2D eigenvalue weighted by molar-refractivity contribution is 5.31. The number of rotatable bonds is 6. The third-order valence-electron chi connectivity index (χ3n) is 4.08. The second-order valence-corrected chi connectivity index (χ2v) is 5.86. The Hall–Kier alpha value is -1.17. The van der Waals surface area contributed by atoms with Crippen LogP contribution in [0.15, 0.2) is 18.2 Å². The Bertz CT molecular complexity index is 460. The summed E-state index contributed by atoms with van der Waals surface area (Å²) in [7, 11) is 1.50. The predicted octanol–water partition coefficient (Wildman–Crippen LogP) is 2.46. The van der Waals surface area contributed by atoms with E-state index in [1.54, 1.807) is 12.1 Å². The molecule has 1 aliphatic heterocycles. The summed E-state index contributed by atoms with van der Waals surface area (Å²) >= 11 is 0. The van der Waals surface area contributed by atoms with Crippen molar-refractivity contribution in [3.8, 4) is 5.75 Å². The SMILES string of the molecule is CN.OC(CCN1CCCC1)c1ccc(OC2CC2)c(F)c1. The molecule has 1 aliphatic carbocycles. The second-order valence-electron chi connectivity index (χ2n) is 5.86. The first-order chi connectivity index (χ1) is 10.7. The van der Waals surface area contributed by atoms with E-state index in [4.69, 9.17) is 4.74 Å². The lowest BCUT2D eigenvalue weighted by Gasteiger charge is -2.18. The minimum Gasteiger partial charge on any atom is -0.487 e. The first-order valence-corrected chi connectivity index (χ1v) is 8.16. The normalized spacial score (nSPS) is 19.5. The zero-order chi connectivity index (χ0) is 15.9. The van der Waals surface area contributed by atoms with Gasteiger partial charge in [0.15, 0.2) is 11.6 Å². The van der Waals surface area contributed by atoms with Crippen LogP contribution in [0, 0.1) is 5.82 Å². The van der Waals surface area contributed by atoms with Crippen LogP contribution >= 0.6 is 0 Å². The van der Waals surface area contributed by atoms with Gasteiger partial charge in [0.05, 0.1) is 12.2 Å². The fourth-order valence-corrected chi connectivity index (χ4v) is 2.66. The van der Waals surface area contributed by atoms with Crippen molar-refractivity contribution in [2.24, 2.45) is 5.73 Å². The number of nitrogens with zero attached hydrogens (tertiary/aromatic N) is 1. The number of halogens is 1. The van der Waals surface area contributed by atoms with Crippen molar-refractivity contribution in [1.82, 2.24) is 4.90 Å². The molecule has 0 bridgehead atoms. The smallest absolute Gasteiger partial charge is 0.165 e. The van der Waals surface area contributed by atoms with Gasteiger partial charge in [-0.1, -0.05) is 6.07 Å². The Morgan fingerprint density at radius 3 is 2.59 bits per heavy atom. The lowest BCUT2D eigenvalue weighted by atomic mass is 10.1. The molecule has 124 valence electrons. The molecule has 0 aromatic heterocycles. The summed E-state index contributed by atoms with van der Waals surface area (Å²) in [5.74, 6) is -0.0578. The fourth-order valence-electron chi connectivity index (χ4n) is 2.66. The number of hydrogen-bond donors (Lipinski definition) is 2. The van der Waals surface area contributed by atoms with E-state index >= 15 is 0 Å². The van der Waals surface area contributed by atoms with Crippen LogP contribution in [0.2, 0.25) is 0 Å². The van der Waals surface area contributed by atoms with Gasteiger partial charge in [-0.05, 0) is 69.9 Å². The lowest BCUT2D eigenvalue weighted by molar-refractivity contribution is 0.148. The van der Waals surface area contributed by atoms with Gasteiger partial charge in [0.2, 0.25) is 0 Å². The van der Waals surface area contributed by atoms with Crippen LogP contribution in [0.25, 0.3) is 0 Å². The Balaban J connectivity index is 0.000000847. The van der Waals surface area contributed by atoms with E-state index in [9.17, 15) is 9.50 Å². The fraction of sp³-hybridized carbons (Fsp3) is 0.647. The van der Waals surface area contributed by atoms with Crippen LogP contribution in [0.3, 0.4) is 0 Å². The summed E-state index contributed by atoms with van der Waals surface area (Å²) in [6.07, 6.45) is 4.77. The molecule has 0 radical (unpaired) electrons. The van der Waals surface area contributed by atoms with Crippen LogP contribution in [0.4, 0.5) is 4.39 Å². The number of likely N-dealkylation sites (tertiary alicyclic amines) is 1. The number of hydrogen-bond acceptors (Lipinski definition) is 4. The van der Waals surface area contributed by atoms with Gasteiger partial charge in [-0.3, -0.25) is 0 Å². The van der Waals surface area contributed by atoms with Crippen LogP contribution in [0.1, 0.15) is 43.8 Å². The highest BCUT2D eigenvalue weighted by Gasteiger charge is 2.25. The van der Waals surface area contributed by atoms with E-state index in [2.05, 4.69) is 10.6 Å². The number of aliphatic hydroxyl groups is 1. The summed E-state index contributed by atoms with van der Waals surface area (Å²) in [5, 5.41) is 10.2. The van der Waals surface area contributed by atoms with E-state index < -0.39 is 6.10 Å². The number of benzene rings is 1. The van der Waals surface area contributed by atoms with E-state index in [0.717, 1.165) is 32.5 Å². The largest absolute Gasteiger partial charge is 0.487 e. The van der Waals surface area contributed by atoms with Crippen LogP contribution in [0.5, 0.6) is 5.75 Å². The second kappa shape index (κ2) is 8.46. The maximum Gasteiger partial charge on any atom is 0.165 e. The number of nitrogens with two attached hydrogens (primary N) is 1. The molecule has 1 heterocycles. The maximum absolute atomic E-state index is 13.9. The summed E-state index contributed by atoms with van der Waals surface area (Å²) in [6.45, 7) is 3.12. The highest BCUT2D eigenvalue weighted by atomic mass is 19.1. The molecule has 1 saturated heterocycles. The maximum atomic E-state index is 13.9. The quantitative estimate of drug-likeness (QED) is 0.847. The molecule has 1 saturated carbocycles. The monoisotopic (exact) mass is 310 g/mol. The van der Waals surface area contributed by atoms with Crippen molar-refractivity contribution in [1.29, 1.82) is 0 Å². The average molecular weight is 310 g/mol. The minimum atomic E-state index is -0.597. The first kappa shape index (κ1) is 17.2. The molecule has 0 amide bonds. The molecule has 22 heavy (non-hydrogen) atoms. The van der Waals surface area contributed by atoms with Crippen molar-refractivity contribution < 1.29 is 14.2 Å².